The summed E-state index contributed by atoms with van der Waals surface area (Å²) in [6.07, 6.45) is -3.09. The summed E-state index contributed by atoms with van der Waals surface area (Å²) in [5, 5.41) is 2.54. The van der Waals surface area contributed by atoms with Gasteiger partial charge in [-0.25, -0.2) is 19.5 Å². The minimum absolute atomic E-state index is 0.0747. The fraction of sp³-hybridized carbons (Fsp3) is 0.654. The van der Waals surface area contributed by atoms with Crippen molar-refractivity contribution in [3.8, 4) is 0 Å². The lowest BCUT2D eigenvalue weighted by atomic mass is 10.1. The van der Waals surface area contributed by atoms with Crippen LogP contribution in [0.1, 0.15) is 71.9 Å². The second-order valence-electron chi connectivity index (χ2n) is 11.0. The minimum Gasteiger partial charge on any atom is -0.444 e. The van der Waals surface area contributed by atoms with Crippen molar-refractivity contribution in [2.24, 2.45) is 4.99 Å². The van der Waals surface area contributed by atoms with Gasteiger partial charge in [0.25, 0.3) is 0 Å². The predicted molar refractivity (Wildman–Crippen MR) is 135 cm³/mol. The predicted octanol–water partition coefficient (Wildman–Crippen LogP) is 5.81. The van der Waals surface area contributed by atoms with Gasteiger partial charge >= 0.3 is 18.4 Å². The number of nitrogens with zero attached hydrogens (tertiary/aromatic N) is 3. The molecule has 0 aromatic heterocycles. The van der Waals surface area contributed by atoms with Crippen LogP contribution in [-0.4, -0.2) is 65.3 Å². The molecule has 1 aromatic rings. The van der Waals surface area contributed by atoms with E-state index in [1.165, 1.54) is 17.0 Å². The molecular weight excluding hydrogens is 489 g/mol. The molecule has 2 rings (SSSR count). The Morgan fingerprint density at radius 1 is 0.973 bits per heavy atom. The zero-order valence-corrected chi connectivity index (χ0v) is 22.6. The lowest BCUT2D eigenvalue weighted by Crippen LogP contribution is -2.50. The summed E-state index contributed by atoms with van der Waals surface area (Å²) in [4.78, 5) is 33.7. The molecule has 1 N–H and O–H groups in total. The van der Waals surface area contributed by atoms with Gasteiger partial charge in [-0.1, -0.05) is 12.1 Å². The molecule has 1 saturated heterocycles. The van der Waals surface area contributed by atoms with Gasteiger partial charge in [0.1, 0.15) is 11.2 Å². The SMILES string of the molecule is CC(C)(C)OC(=O)NC(=NCc1ccc(C(F)(F)F)cc1)N(CCCN1CCCC1)C(=O)OC(C)(C)C. The maximum Gasteiger partial charge on any atom is 0.417 e. The highest BCUT2D eigenvalue weighted by Crippen LogP contribution is 2.29. The number of halogens is 3. The number of alkyl halides is 3. The largest absolute Gasteiger partial charge is 0.444 e. The van der Waals surface area contributed by atoms with Crippen molar-refractivity contribution in [3.05, 3.63) is 35.4 Å². The molecule has 8 nitrogen and oxygen atoms in total. The summed E-state index contributed by atoms with van der Waals surface area (Å²) in [5.41, 5.74) is -1.90. The van der Waals surface area contributed by atoms with Crippen molar-refractivity contribution >= 4 is 18.1 Å². The van der Waals surface area contributed by atoms with E-state index < -0.39 is 35.1 Å². The van der Waals surface area contributed by atoms with Crippen LogP contribution in [0.2, 0.25) is 0 Å². The maximum absolute atomic E-state index is 13.2. The second-order valence-corrected chi connectivity index (χ2v) is 11.0. The highest BCUT2D eigenvalue weighted by atomic mass is 19.4. The van der Waals surface area contributed by atoms with Gasteiger partial charge in [-0.3, -0.25) is 5.32 Å². The fourth-order valence-corrected chi connectivity index (χ4v) is 3.61. The number of likely N-dealkylation sites (tertiary alicyclic amines) is 1. The lowest BCUT2D eigenvalue weighted by molar-refractivity contribution is -0.137. The number of hydrogen-bond donors (Lipinski definition) is 1. The summed E-state index contributed by atoms with van der Waals surface area (Å²) in [6, 6.07) is 4.55. The number of rotatable bonds is 6. The van der Waals surface area contributed by atoms with Crippen molar-refractivity contribution in [1.82, 2.24) is 15.1 Å². The number of benzene rings is 1. The molecule has 0 aliphatic carbocycles. The van der Waals surface area contributed by atoms with E-state index in [2.05, 4.69) is 15.2 Å². The molecule has 11 heteroatoms. The summed E-state index contributed by atoms with van der Waals surface area (Å²) in [5.74, 6) is -0.0928. The Hall–Kier alpha value is -2.82. The van der Waals surface area contributed by atoms with Crippen LogP contribution in [0.4, 0.5) is 22.8 Å². The first-order chi connectivity index (χ1) is 17.0. The lowest BCUT2D eigenvalue weighted by Gasteiger charge is -2.29. The standard InChI is InChI=1S/C26H39F3N4O4/c1-24(2,3)36-22(34)31-21(30-18-19-10-12-20(13-11-19)26(27,28)29)33(23(35)37-25(4,5)6)17-9-16-32-14-7-8-15-32/h10-13H,7-9,14-18H2,1-6H3,(H,30,31,34). The third-order valence-electron chi connectivity index (χ3n) is 5.23. The highest BCUT2D eigenvalue weighted by Gasteiger charge is 2.30. The first-order valence-electron chi connectivity index (χ1n) is 12.5. The molecule has 37 heavy (non-hydrogen) atoms. The Morgan fingerprint density at radius 3 is 2.05 bits per heavy atom. The Kier molecular flexibility index (Phi) is 10.4. The molecule has 0 saturated carbocycles. The smallest absolute Gasteiger partial charge is 0.417 e. The van der Waals surface area contributed by atoms with Crippen LogP contribution in [0.5, 0.6) is 0 Å². The number of hydrogen-bond acceptors (Lipinski definition) is 6. The van der Waals surface area contributed by atoms with Gasteiger partial charge in [-0.2, -0.15) is 13.2 Å². The van der Waals surface area contributed by atoms with Gasteiger partial charge in [0, 0.05) is 6.54 Å². The zero-order valence-electron chi connectivity index (χ0n) is 22.6. The van der Waals surface area contributed by atoms with E-state index in [4.69, 9.17) is 9.47 Å². The Bertz CT molecular complexity index is 929. The Morgan fingerprint density at radius 2 is 1.54 bits per heavy atom. The van der Waals surface area contributed by atoms with Crippen LogP contribution in [0.3, 0.4) is 0 Å². The van der Waals surface area contributed by atoms with E-state index in [0.29, 0.717) is 12.0 Å². The monoisotopic (exact) mass is 528 g/mol. The van der Waals surface area contributed by atoms with Gasteiger partial charge in [0.05, 0.1) is 12.1 Å². The van der Waals surface area contributed by atoms with E-state index in [-0.39, 0.29) is 19.0 Å². The van der Waals surface area contributed by atoms with Gasteiger partial charge < -0.3 is 14.4 Å². The Balaban J connectivity index is 2.31. The number of aliphatic imine (C=N–C) groups is 1. The number of carbonyl (C=O) groups is 2. The molecule has 1 fully saturated rings. The summed E-state index contributed by atoms with van der Waals surface area (Å²) < 4.78 is 49.7. The summed E-state index contributed by atoms with van der Waals surface area (Å²) in [6.45, 7) is 13.2. The first-order valence-corrected chi connectivity index (χ1v) is 12.5. The van der Waals surface area contributed by atoms with Crippen LogP contribution in [0.25, 0.3) is 0 Å². The van der Waals surface area contributed by atoms with Crippen molar-refractivity contribution in [2.75, 3.05) is 26.2 Å². The van der Waals surface area contributed by atoms with Crippen molar-refractivity contribution in [2.45, 2.75) is 84.7 Å². The maximum atomic E-state index is 13.2. The minimum atomic E-state index is -4.45. The molecule has 1 aliphatic heterocycles. The normalized spacial score (nSPS) is 15.4. The van der Waals surface area contributed by atoms with E-state index in [0.717, 1.165) is 44.6 Å². The van der Waals surface area contributed by atoms with E-state index in [1.54, 1.807) is 41.5 Å². The van der Waals surface area contributed by atoms with Crippen molar-refractivity contribution < 1.29 is 32.2 Å². The number of guanidine groups is 1. The fourth-order valence-electron chi connectivity index (χ4n) is 3.61. The average Bonchev–Trinajstić information content (AvgIpc) is 3.25. The third-order valence-corrected chi connectivity index (χ3v) is 5.23. The number of ether oxygens (including phenoxy) is 2. The first kappa shape index (κ1) is 30.4. The number of carbonyl (C=O) groups excluding carboxylic acids is 2. The van der Waals surface area contributed by atoms with E-state index >= 15 is 0 Å². The van der Waals surface area contributed by atoms with E-state index in [9.17, 15) is 22.8 Å². The topological polar surface area (TPSA) is 83.5 Å². The second kappa shape index (κ2) is 12.6. The average molecular weight is 529 g/mol. The van der Waals surface area contributed by atoms with Gasteiger partial charge in [-0.05, 0) is 98.1 Å². The van der Waals surface area contributed by atoms with Crippen LogP contribution in [0, 0.1) is 0 Å². The van der Waals surface area contributed by atoms with Crippen molar-refractivity contribution in [3.63, 3.8) is 0 Å². The number of alkyl carbamates (subject to hydrolysis) is 1. The van der Waals surface area contributed by atoms with Crippen LogP contribution in [-0.2, 0) is 22.2 Å². The van der Waals surface area contributed by atoms with Gasteiger partial charge in [0.15, 0.2) is 0 Å². The zero-order chi connectivity index (χ0) is 27.9. The highest BCUT2D eigenvalue weighted by molar-refractivity contribution is 6.01. The van der Waals surface area contributed by atoms with Crippen molar-refractivity contribution in [1.29, 1.82) is 0 Å². The molecular formula is C26H39F3N4O4. The van der Waals surface area contributed by atoms with Crippen LogP contribution < -0.4 is 5.32 Å². The van der Waals surface area contributed by atoms with Gasteiger partial charge in [0.2, 0.25) is 5.96 Å². The molecule has 0 bridgehead atoms. The number of amides is 2. The molecule has 1 heterocycles. The Labute approximate surface area is 217 Å². The van der Waals surface area contributed by atoms with Crippen LogP contribution in [0.15, 0.2) is 29.3 Å². The molecule has 0 unspecified atom stereocenters. The molecule has 2 amide bonds. The molecule has 0 atom stereocenters. The molecule has 1 aromatic carbocycles. The van der Waals surface area contributed by atoms with E-state index in [1.807, 2.05) is 0 Å². The number of nitrogens with one attached hydrogen (secondary N) is 1. The summed E-state index contributed by atoms with van der Waals surface area (Å²) >= 11 is 0. The molecule has 208 valence electrons. The molecule has 1 aliphatic rings. The van der Waals surface area contributed by atoms with Gasteiger partial charge in [-0.15, -0.1) is 0 Å². The third kappa shape index (κ3) is 11.4. The van der Waals surface area contributed by atoms with Crippen LogP contribution >= 0.6 is 0 Å². The quantitative estimate of drug-likeness (QED) is 0.372. The summed E-state index contributed by atoms with van der Waals surface area (Å²) in [7, 11) is 0. The molecule has 0 radical (unpaired) electrons. The molecule has 0 spiro atoms.